The van der Waals surface area contributed by atoms with Crippen molar-refractivity contribution in [2.45, 2.75) is 34.7 Å². The van der Waals surface area contributed by atoms with Crippen molar-refractivity contribution in [1.29, 1.82) is 5.41 Å². The molecule has 58 heavy (non-hydrogen) atoms. The second-order valence-electron chi connectivity index (χ2n) is 10.5. The number of aliphatic imine (C=N–C) groups is 1. The second kappa shape index (κ2) is 24.0. The number of carbonyl (C=O) groups is 2. The standard InChI is InChI=1S/C16H9ClF3N3O2S.C9H8FN3O2.C8H7F3S.C5H8/c17-12-4-2-1-3-11(12)14-22-23-15(25-14)21-13(24)9-5-7-10(8-6-9)26-16(18,19)20;10-7-4-2-1-3-6(7)8(11)15-9(12)13-5-14;1-6-2-4-7(5-3-6)12-8(9,10)11;1-3-5-4-2/h1-8H,(H,21,23,24);1-5,11H,(H2,12,13,14);2-5H,1H3;3-5H,1H2,2H3/b;;;5-4-. The molecule has 4 N–H and O–H groups in total. The van der Waals surface area contributed by atoms with Crippen molar-refractivity contribution >= 4 is 65.4 Å². The van der Waals surface area contributed by atoms with Gasteiger partial charge in [-0.1, -0.05) is 83.5 Å². The molecule has 0 aliphatic carbocycles. The van der Waals surface area contributed by atoms with E-state index in [1.165, 1.54) is 54.6 Å². The van der Waals surface area contributed by atoms with Gasteiger partial charge in [-0.15, -0.1) is 5.10 Å². The smallest absolute Gasteiger partial charge is 0.407 e. The monoisotopic (exact) mass is 868 g/mol. The fourth-order valence-electron chi connectivity index (χ4n) is 3.75. The molecule has 4 aromatic carbocycles. The summed E-state index contributed by atoms with van der Waals surface area (Å²) in [5, 5.41) is 17.6. The number of alkyl halides is 6. The highest BCUT2D eigenvalue weighted by molar-refractivity contribution is 8.00. The molecular formula is C38H32ClF7N6O4S2. The van der Waals surface area contributed by atoms with Gasteiger partial charge in [0.1, 0.15) is 5.82 Å². The number of nitrogens with two attached hydrogens (primary N) is 1. The third kappa shape index (κ3) is 18.8. The minimum Gasteiger partial charge on any atom is -0.407 e. The molecule has 0 unspecified atom stereocenters. The molecule has 0 saturated carbocycles. The maximum atomic E-state index is 13.1. The van der Waals surface area contributed by atoms with Crippen LogP contribution in [0.3, 0.4) is 0 Å². The fourth-order valence-corrected chi connectivity index (χ4v) is 5.05. The SMILES string of the molecule is C=C/C=C\C.Cc1ccc(SC(F)(F)F)cc1.N=C(OC(N)=NC=O)c1ccccc1F.O=C(Nc1nnc(-c2ccccc2Cl)o1)c1ccc(SC(F)(F)F)cc1. The van der Waals surface area contributed by atoms with E-state index in [0.717, 1.165) is 5.56 Å². The first-order valence-corrected chi connectivity index (χ1v) is 18.0. The van der Waals surface area contributed by atoms with Crippen molar-refractivity contribution in [3.8, 4) is 11.5 Å². The van der Waals surface area contributed by atoms with Crippen LogP contribution in [0.5, 0.6) is 0 Å². The molecule has 5 rings (SSSR count). The Morgan fingerprint density at radius 2 is 1.47 bits per heavy atom. The number of benzene rings is 4. The molecule has 0 fully saturated rings. The zero-order valence-corrected chi connectivity index (χ0v) is 32.5. The predicted octanol–water partition coefficient (Wildman–Crippen LogP) is 11.2. The molecule has 20 heteroatoms. The molecule has 0 radical (unpaired) electrons. The first kappa shape index (κ1) is 48.2. The van der Waals surface area contributed by atoms with Crippen LogP contribution in [-0.4, -0.2) is 45.5 Å². The number of nitrogens with one attached hydrogen (secondary N) is 2. The maximum Gasteiger partial charge on any atom is 0.446 e. The van der Waals surface area contributed by atoms with Crippen molar-refractivity contribution < 1.29 is 49.5 Å². The average molecular weight is 869 g/mol. The van der Waals surface area contributed by atoms with Crippen LogP contribution in [0.4, 0.5) is 36.7 Å². The minimum absolute atomic E-state index is 0.0205. The summed E-state index contributed by atoms with van der Waals surface area (Å²) in [6.07, 6.45) is 5.75. The Bertz CT molecular complexity index is 2160. The van der Waals surface area contributed by atoms with E-state index in [9.17, 15) is 40.3 Å². The third-order valence-corrected chi connectivity index (χ3v) is 8.00. The van der Waals surface area contributed by atoms with Gasteiger partial charge in [-0.2, -0.15) is 31.3 Å². The highest BCUT2D eigenvalue weighted by Gasteiger charge is 2.30. The summed E-state index contributed by atoms with van der Waals surface area (Å²) in [5.74, 6) is -1.58. The lowest BCUT2D eigenvalue weighted by molar-refractivity contribution is -0.106. The summed E-state index contributed by atoms with van der Waals surface area (Å²) in [7, 11) is 0. The second-order valence-corrected chi connectivity index (χ2v) is 13.2. The van der Waals surface area contributed by atoms with E-state index < -0.39 is 34.7 Å². The van der Waals surface area contributed by atoms with E-state index in [0.29, 0.717) is 10.6 Å². The van der Waals surface area contributed by atoms with Crippen LogP contribution in [0, 0.1) is 18.2 Å². The highest BCUT2D eigenvalue weighted by atomic mass is 35.5. The van der Waals surface area contributed by atoms with Crippen molar-refractivity contribution in [2.75, 3.05) is 5.32 Å². The first-order valence-electron chi connectivity index (χ1n) is 16.0. The molecule has 0 saturated heterocycles. The van der Waals surface area contributed by atoms with E-state index in [2.05, 4.69) is 31.8 Å². The van der Waals surface area contributed by atoms with Crippen LogP contribution in [0.25, 0.3) is 11.5 Å². The summed E-state index contributed by atoms with van der Waals surface area (Å²) in [6.45, 7) is 7.26. The average Bonchev–Trinajstić information content (AvgIpc) is 3.61. The van der Waals surface area contributed by atoms with Gasteiger partial charge in [0.2, 0.25) is 12.3 Å². The Morgan fingerprint density at radius 3 is 1.97 bits per heavy atom. The number of halogens is 8. The molecule has 5 aromatic rings. The molecule has 0 aliphatic heterocycles. The molecule has 10 nitrogen and oxygen atoms in total. The summed E-state index contributed by atoms with van der Waals surface area (Å²) in [4.78, 5) is 25.3. The van der Waals surface area contributed by atoms with E-state index in [-0.39, 0.29) is 62.8 Å². The minimum atomic E-state index is -4.39. The Balaban J connectivity index is 0.000000307. The Kier molecular flexibility index (Phi) is 19.9. The van der Waals surface area contributed by atoms with E-state index >= 15 is 0 Å². The number of aryl methyl sites for hydroxylation is 1. The number of amides is 2. The first-order chi connectivity index (χ1) is 27.3. The lowest BCUT2D eigenvalue weighted by Gasteiger charge is -2.06. The molecule has 0 aliphatic rings. The lowest BCUT2D eigenvalue weighted by atomic mass is 10.2. The van der Waals surface area contributed by atoms with Gasteiger partial charge in [0, 0.05) is 15.4 Å². The van der Waals surface area contributed by atoms with E-state index in [1.807, 2.05) is 26.0 Å². The van der Waals surface area contributed by atoms with Gasteiger partial charge in [-0.3, -0.25) is 20.3 Å². The highest BCUT2D eigenvalue weighted by Crippen LogP contribution is 2.37. The number of rotatable bonds is 8. The zero-order chi connectivity index (χ0) is 43.3. The number of anilines is 1. The molecule has 0 spiro atoms. The van der Waals surface area contributed by atoms with Crippen LogP contribution in [0.1, 0.15) is 28.4 Å². The van der Waals surface area contributed by atoms with Crippen LogP contribution < -0.4 is 11.1 Å². The third-order valence-electron chi connectivity index (χ3n) is 6.19. The summed E-state index contributed by atoms with van der Waals surface area (Å²) in [5.41, 5.74) is -1.90. The van der Waals surface area contributed by atoms with E-state index in [1.54, 1.807) is 48.5 Å². The molecule has 0 atom stereocenters. The topological polar surface area (TPSA) is 157 Å². The maximum absolute atomic E-state index is 13.1. The number of carbonyl (C=O) groups excluding carboxylic acids is 2. The molecule has 1 aromatic heterocycles. The van der Waals surface area contributed by atoms with Gasteiger partial charge < -0.3 is 14.9 Å². The van der Waals surface area contributed by atoms with Crippen molar-refractivity contribution in [3.63, 3.8) is 0 Å². The van der Waals surface area contributed by atoms with Gasteiger partial charge in [-0.25, -0.2) is 4.39 Å². The van der Waals surface area contributed by atoms with Crippen LogP contribution in [0.2, 0.25) is 5.02 Å². The summed E-state index contributed by atoms with van der Waals surface area (Å²) >= 11 is 5.68. The molecular weight excluding hydrogens is 837 g/mol. The number of thioether (sulfide) groups is 2. The van der Waals surface area contributed by atoms with Gasteiger partial charge in [0.15, 0.2) is 0 Å². The van der Waals surface area contributed by atoms with E-state index in [4.69, 9.17) is 27.2 Å². The number of hydrogen-bond acceptors (Lipinski definition) is 9. The zero-order valence-electron chi connectivity index (χ0n) is 30.1. The van der Waals surface area contributed by atoms with Gasteiger partial charge >= 0.3 is 17.0 Å². The van der Waals surface area contributed by atoms with Crippen LogP contribution in [-0.2, 0) is 9.53 Å². The number of allylic oxidation sites excluding steroid dienone is 3. The molecule has 2 amide bonds. The largest absolute Gasteiger partial charge is 0.446 e. The van der Waals surface area contributed by atoms with Gasteiger partial charge in [-0.05, 0) is 98.0 Å². The number of amidine groups is 1. The Morgan fingerprint density at radius 1 is 0.914 bits per heavy atom. The molecule has 0 bridgehead atoms. The Hall–Kier alpha value is -5.92. The number of ether oxygens (including phenoxy) is 1. The Labute approximate surface area is 340 Å². The van der Waals surface area contributed by atoms with Crippen LogP contribution in [0.15, 0.2) is 141 Å². The number of hydrogen-bond donors (Lipinski definition) is 3. The summed E-state index contributed by atoms with van der Waals surface area (Å²) in [6, 6.07) is 22.9. The number of nitrogens with zero attached hydrogens (tertiary/aromatic N) is 3. The van der Waals surface area contributed by atoms with Gasteiger partial charge in [0.25, 0.3) is 17.8 Å². The number of aromatic nitrogens is 2. The lowest BCUT2D eigenvalue weighted by Crippen LogP contribution is -2.21. The molecule has 306 valence electrons. The van der Waals surface area contributed by atoms with Crippen molar-refractivity contribution in [3.05, 3.63) is 149 Å². The summed E-state index contributed by atoms with van der Waals surface area (Å²) < 4.78 is 95.4. The predicted molar refractivity (Wildman–Crippen MR) is 211 cm³/mol. The van der Waals surface area contributed by atoms with Crippen LogP contribution >= 0.6 is 35.1 Å². The molecule has 1 heterocycles. The fraction of sp³-hybridized carbons (Fsp3) is 0.105. The van der Waals surface area contributed by atoms with Gasteiger partial charge in [0.05, 0.1) is 16.1 Å². The van der Waals surface area contributed by atoms with Crippen molar-refractivity contribution in [2.24, 2.45) is 10.7 Å². The normalized spacial score (nSPS) is 11.1. The quantitative estimate of drug-likeness (QED) is 0.0345. The van der Waals surface area contributed by atoms with Crippen molar-refractivity contribution in [1.82, 2.24) is 10.2 Å².